The Kier molecular flexibility index (Phi) is 2.64. The van der Waals surface area contributed by atoms with Crippen molar-refractivity contribution in [3.63, 3.8) is 0 Å². The third-order valence-corrected chi connectivity index (χ3v) is 9.32. The lowest BCUT2D eigenvalue weighted by Crippen LogP contribution is -2.20. The van der Waals surface area contributed by atoms with Crippen molar-refractivity contribution in [2.75, 3.05) is 0 Å². The van der Waals surface area contributed by atoms with Crippen LogP contribution < -0.4 is 5.30 Å². The highest BCUT2D eigenvalue weighted by Gasteiger charge is 2.48. The quantitative estimate of drug-likeness (QED) is 0.539. The summed E-state index contributed by atoms with van der Waals surface area (Å²) in [6.07, 6.45) is 5.13. The number of allylic oxidation sites excluding steroid dienone is 1. The van der Waals surface area contributed by atoms with Gasteiger partial charge in [-0.1, -0.05) is 25.1 Å². The van der Waals surface area contributed by atoms with Gasteiger partial charge in [0.25, 0.3) is 0 Å². The monoisotopic (exact) mass is 248 g/mol. The molecule has 2 aliphatic rings. The Morgan fingerprint density at radius 1 is 1.19 bits per heavy atom. The van der Waals surface area contributed by atoms with Crippen LogP contribution in [-0.4, -0.2) is 5.66 Å². The molecule has 0 amide bonds. The molecule has 0 N–H and O–H groups in total. The second-order valence-corrected chi connectivity index (χ2v) is 9.79. The van der Waals surface area contributed by atoms with Crippen LogP contribution in [0.1, 0.15) is 19.8 Å². The van der Waals surface area contributed by atoms with Crippen LogP contribution in [0, 0.1) is 11.8 Å². The van der Waals surface area contributed by atoms with Crippen LogP contribution in [0.5, 0.6) is 0 Å². The molecule has 2 heteroatoms. The van der Waals surface area contributed by atoms with Crippen molar-refractivity contribution in [1.82, 2.24) is 0 Å². The molecule has 0 radical (unpaired) electrons. The summed E-state index contributed by atoms with van der Waals surface area (Å²) >= 11 is 6.05. The van der Waals surface area contributed by atoms with Crippen molar-refractivity contribution in [2.45, 2.75) is 25.4 Å². The van der Waals surface area contributed by atoms with Gasteiger partial charge in [-0.3, -0.25) is 0 Å². The van der Waals surface area contributed by atoms with E-state index in [0.717, 1.165) is 17.5 Å². The second kappa shape index (κ2) is 3.89. The predicted octanol–water partition coefficient (Wildman–Crippen LogP) is 3.73. The predicted molar refractivity (Wildman–Crippen MR) is 75.2 cm³/mol. The number of fused-ring (bicyclic) bond motifs is 1. The molecular formula is C14H17PS. The molecule has 1 heterocycles. The van der Waals surface area contributed by atoms with Crippen LogP contribution >= 0.6 is 6.46 Å². The van der Waals surface area contributed by atoms with Gasteiger partial charge in [0.1, 0.15) is 0 Å². The summed E-state index contributed by atoms with van der Waals surface area (Å²) in [7, 11) is 0. The van der Waals surface area contributed by atoms with Crippen molar-refractivity contribution in [1.29, 1.82) is 0 Å². The average Bonchev–Trinajstić information content (AvgIpc) is 2.84. The molecular weight excluding hydrogens is 231 g/mol. The normalized spacial score (nSPS) is 41.2. The molecule has 0 bridgehead atoms. The average molecular weight is 248 g/mol. The minimum Gasteiger partial charge on any atom is -0.546 e. The van der Waals surface area contributed by atoms with Gasteiger partial charge < -0.3 is 12.2 Å². The van der Waals surface area contributed by atoms with Gasteiger partial charge in [-0.15, -0.1) is 0 Å². The van der Waals surface area contributed by atoms with Crippen LogP contribution in [0.3, 0.4) is 0 Å². The zero-order valence-electron chi connectivity index (χ0n) is 9.54. The first kappa shape index (κ1) is 10.9. The molecule has 1 aromatic rings. The van der Waals surface area contributed by atoms with Crippen molar-refractivity contribution < 1.29 is 0 Å². The molecule has 84 valence electrons. The van der Waals surface area contributed by atoms with Gasteiger partial charge in [-0.2, -0.15) is 0 Å². The van der Waals surface area contributed by atoms with E-state index in [1.54, 1.807) is 0 Å². The van der Waals surface area contributed by atoms with Crippen LogP contribution in [0.25, 0.3) is 0 Å². The Morgan fingerprint density at radius 3 is 2.69 bits per heavy atom. The lowest BCUT2D eigenvalue weighted by Gasteiger charge is -2.33. The van der Waals surface area contributed by atoms with E-state index in [2.05, 4.69) is 49.1 Å². The van der Waals surface area contributed by atoms with Crippen molar-refractivity contribution in [3.05, 3.63) is 42.2 Å². The van der Waals surface area contributed by atoms with Crippen LogP contribution in [0.4, 0.5) is 0 Å². The van der Waals surface area contributed by atoms with Crippen molar-refractivity contribution >= 4 is 24.0 Å². The lowest BCUT2D eigenvalue weighted by atomic mass is 9.99. The van der Waals surface area contributed by atoms with Crippen LogP contribution in [0.2, 0.25) is 0 Å². The van der Waals surface area contributed by atoms with E-state index in [1.807, 2.05) is 0 Å². The Hall–Kier alpha value is -0.260. The standard InChI is InChI=1S/C14H17PS/c1-11-7-8-14-13(11)9-10-15(14,16)12-5-3-2-4-6-12/h2-6,9-11,13-14H,7-8H2,1H3/t11?,13-,14+,15?/m1/s1. The van der Waals surface area contributed by atoms with Gasteiger partial charge in [0.2, 0.25) is 0 Å². The molecule has 4 atom stereocenters. The fourth-order valence-electron chi connectivity index (χ4n) is 3.24. The first-order chi connectivity index (χ1) is 7.72. The summed E-state index contributed by atoms with van der Waals surface area (Å²) in [5, 5.41) is 1.42. The SMILES string of the molecule is CC1CC[C@H]2[C@@H]1C=C[P+]2([S-])c1ccccc1. The van der Waals surface area contributed by atoms with Crippen molar-refractivity contribution in [3.8, 4) is 0 Å². The van der Waals surface area contributed by atoms with E-state index in [4.69, 9.17) is 12.2 Å². The van der Waals surface area contributed by atoms with Crippen molar-refractivity contribution in [2.24, 2.45) is 11.8 Å². The molecule has 1 aromatic carbocycles. The minimum absolute atomic E-state index is 0.764. The maximum absolute atomic E-state index is 6.05. The topological polar surface area (TPSA) is 0 Å². The molecule has 0 aromatic heterocycles. The summed E-state index contributed by atoms with van der Waals surface area (Å²) < 4.78 is 0. The highest BCUT2D eigenvalue weighted by Crippen LogP contribution is 2.71. The first-order valence-electron chi connectivity index (χ1n) is 6.06. The molecule has 2 unspecified atom stereocenters. The third-order valence-electron chi connectivity index (χ3n) is 4.20. The van der Waals surface area contributed by atoms with Gasteiger partial charge in [-0.25, -0.2) is 0 Å². The summed E-state index contributed by atoms with van der Waals surface area (Å²) in [6, 6.07) is 10.8. The maximum Gasteiger partial charge on any atom is 0.0774 e. The van der Waals surface area contributed by atoms with Gasteiger partial charge >= 0.3 is 0 Å². The van der Waals surface area contributed by atoms with Gasteiger partial charge in [0.15, 0.2) is 0 Å². The Bertz CT molecular complexity index is 414. The number of hydrogen-bond acceptors (Lipinski definition) is 1. The van der Waals surface area contributed by atoms with Crippen LogP contribution in [0.15, 0.2) is 42.2 Å². The van der Waals surface area contributed by atoms with Gasteiger partial charge in [-0.05, 0) is 43.4 Å². The van der Waals surface area contributed by atoms with E-state index in [-0.39, 0.29) is 0 Å². The summed E-state index contributed by atoms with van der Waals surface area (Å²) in [5.41, 5.74) is 0.764. The Balaban J connectivity index is 1.99. The maximum atomic E-state index is 6.05. The minimum atomic E-state index is -1.41. The molecule has 16 heavy (non-hydrogen) atoms. The number of benzene rings is 1. The Labute approximate surface area is 104 Å². The number of rotatable bonds is 1. The van der Waals surface area contributed by atoms with E-state index in [9.17, 15) is 0 Å². The third kappa shape index (κ3) is 1.49. The molecule has 1 aliphatic carbocycles. The van der Waals surface area contributed by atoms with Crippen LogP contribution in [-0.2, 0) is 12.2 Å². The highest BCUT2D eigenvalue weighted by atomic mass is 32.7. The fourth-order valence-corrected chi connectivity index (χ4v) is 7.86. The van der Waals surface area contributed by atoms with E-state index >= 15 is 0 Å². The Morgan fingerprint density at radius 2 is 1.94 bits per heavy atom. The lowest BCUT2D eigenvalue weighted by molar-refractivity contribution is 0.511. The molecule has 0 saturated heterocycles. The molecule has 1 saturated carbocycles. The first-order valence-corrected chi connectivity index (χ1v) is 9.00. The smallest absolute Gasteiger partial charge is 0.0774 e. The summed E-state index contributed by atoms with van der Waals surface area (Å²) in [6.45, 7) is 0.969. The summed E-state index contributed by atoms with van der Waals surface area (Å²) in [5.74, 6) is 4.00. The molecule has 3 rings (SSSR count). The zero-order valence-corrected chi connectivity index (χ0v) is 11.3. The van der Waals surface area contributed by atoms with E-state index in [0.29, 0.717) is 0 Å². The highest BCUT2D eigenvalue weighted by molar-refractivity contribution is 8.47. The second-order valence-electron chi connectivity index (χ2n) is 5.09. The molecule has 1 aliphatic heterocycles. The molecule has 0 spiro atoms. The van der Waals surface area contributed by atoms with E-state index in [1.165, 1.54) is 18.1 Å². The summed E-state index contributed by atoms with van der Waals surface area (Å²) in [4.78, 5) is 0. The van der Waals surface area contributed by atoms with Gasteiger partial charge in [0.05, 0.1) is 11.0 Å². The molecule has 0 nitrogen and oxygen atoms in total. The largest absolute Gasteiger partial charge is 0.546 e. The fraction of sp³-hybridized carbons (Fsp3) is 0.429. The zero-order chi connectivity index (χ0) is 11.2. The van der Waals surface area contributed by atoms with E-state index < -0.39 is 6.46 Å². The molecule has 1 fully saturated rings. The number of hydrogen-bond donors (Lipinski definition) is 0. The van der Waals surface area contributed by atoms with Gasteiger partial charge in [0, 0.05) is 11.7 Å².